The summed E-state index contributed by atoms with van der Waals surface area (Å²) in [5, 5.41) is 10.4. The van der Waals surface area contributed by atoms with Gasteiger partial charge in [-0.1, -0.05) is 20.8 Å². The standard InChI is InChI=1S/C12H20N2O/c1-4-12(15,9(2)3)8-10-5-6-14-11(13)7-10/h5-7,9,15H,4,8H2,1-3H3,(H2,13,14). The van der Waals surface area contributed by atoms with Crippen molar-refractivity contribution in [2.24, 2.45) is 5.92 Å². The summed E-state index contributed by atoms with van der Waals surface area (Å²) in [6, 6.07) is 3.72. The summed E-state index contributed by atoms with van der Waals surface area (Å²) < 4.78 is 0. The largest absolute Gasteiger partial charge is 0.389 e. The Hall–Kier alpha value is -1.09. The first kappa shape index (κ1) is 12.0. The van der Waals surface area contributed by atoms with E-state index in [1.165, 1.54) is 0 Å². The number of anilines is 1. The minimum atomic E-state index is -0.645. The molecule has 0 spiro atoms. The van der Waals surface area contributed by atoms with E-state index in [-0.39, 0.29) is 5.92 Å². The van der Waals surface area contributed by atoms with E-state index in [1.54, 1.807) is 6.20 Å². The van der Waals surface area contributed by atoms with Gasteiger partial charge >= 0.3 is 0 Å². The van der Waals surface area contributed by atoms with E-state index in [4.69, 9.17) is 5.73 Å². The fourth-order valence-electron chi connectivity index (χ4n) is 1.70. The van der Waals surface area contributed by atoms with E-state index in [1.807, 2.05) is 32.9 Å². The predicted octanol–water partition coefficient (Wildman–Crippen LogP) is 2.00. The van der Waals surface area contributed by atoms with E-state index >= 15 is 0 Å². The van der Waals surface area contributed by atoms with Gasteiger partial charge in [-0.15, -0.1) is 0 Å². The monoisotopic (exact) mass is 208 g/mol. The second-order valence-electron chi connectivity index (χ2n) is 4.38. The quantitative estimate of drug-likeness (QED) is 0.795. The van der Waals surface area contributed by atoms with E-state index in [0.29, 0.717) is 12.2 Å². The number of aliphatic hydroxyl groups is 1. The molecular formula is C12H20N2O. The molecule has 1 atom stereocenters. The molecule has 0 amide bonds. The van der Waals surface area contributed by atoms with Crippen LogP contribution in [-0.4, -0.2) is 15.7 Å². The molecule has 0 aromatic carbocycles. The van der Waals surface area contributed by atoms with Gasteiger partial charge in [0.2, 0.25) is 0 Å². The fraction of sp³-hybridized carbons (Fsp3) is 0.583. The van der Waals surface area contributed by atoms with Crippen LogP contribution < -0.4 is 5.73 Å². The third-order valence-corrected chi connectivity index (χ3v) is 3.04. The molecule has 15 heavy (non-hydrogen) atoms. The molecule has 84 valence electrons. The van der Waals surface area contributed by atoms with E-state index in [9.17, 15) is 5.11 Å². The average molecular weight is 208 g/mol. The predicted molar refractivity (Wildman–Crippen MR) is 62.4 cm³/mol. The van der Waals surface area contributed by atoms with E-state index < -0.39 is 5.60 Å². The van der Waals surface area contributed by atoms with Crippen molar-refractivity contribution in [2.45, 2.75) is 39.2 Å². The second kappa shape index (κ2) is 4.62. The molecule has 1 heterocycles. The zero-order valence-corrected chi connectivity index (χ0v) is 9.70. The normalized spacial score (nSPS) is 15.3. The summed E-state index contributed by atoms with van der Waals surface area (Å²) in [5.41, 5.74) is 6.00. The maximum atomic E-state index is 10.4. The van der Waals surface area contributed by atoms with Gasteiger partial charge in [0.1, 0.15) is 5.82 Å². The van der Waals surface area contributed by atoms with Gasteiger partial charge in [0.05, 0.1) is 5.60 Å². The highest BCUT2D eigenvalue weighted by molar-refractivity contribution is 5.32. The van der Waals surface area contributed by atoms with Gasteiger partial charge in [0.25, 0.3) is 0 Å². The minimum absolute atomic E-state index is 0.233. The Kier molecular flexibility index (Phi) is 3.69. The van der Waals surface area contributed by atoms with Crippen LogP contribution in [0, 0.1) is 5.92 Å². The van der Waals surface area contributed by atoms with E-state index in [2.05, 4.69) is 4.98 Å². The third-order valence-electron chi connectivity index (χ3n) is 3.04. The zero-order valence-electron chi connectivity index (χ0n) is 9.70. The number of nitrogen functional groups attached to an aromatic ring is 1. The number of rotatable bonds is 4. The number of pyridine rings is 1. The lowest BCUT2D eigenvalue weighted by Crippen LogP contribution is -2.36. The molecule has 1 aromatic rings. The van der Waals surface area contributed by atoms with Crippen LogP contribution in [0.2, 0.25) is 0 Å². The highest BCUT2D eigenvalue weighted by Crippen LogP contribution is 2.25. The van der Waals surface area contributed by atoms with Crippen LogP contribution >= 0.6 is 0 Å². The lowest BCUT2D eigenvalue weighted by molar-refractivity contribution is -0.00828. The van der Waals surface area contributed by atoms with Crippen molar-refractivity contribution in [3.63, 3.8) is 0 Å². The first-order valence-electron chi connectivity index (χ1n) is 5.40. The Balaban J connectivity index is 2.84. The number of hydrogen-bond donors (Lipinski definition) is 2. The van der Waals surface area contributed by atoms with E-state index in [0.717, 1.165) is 12.0 Å². The fourth-order valence-corrected chi connectivity index (χ4v) is 1.70. The van der Waals surface area contributed by atoms with Crippen LogP contribution in [0.4, 0.5) is 5.82 Å². The average Bonchev–Trinajstić information content (AvgIpc) is 2.17. The number of nitrogens with zero attached hydrogens (tertiary/aromatic N) is 1. The molecular weight excluding hydrogens is 188 g/mol. The summed E-state index contributed by atoms with van der Waals surface area (Å²) >= 11 is 0. The van der Waals surface area contributed by atoms with Crippen LogP contribution in [0.3, 0.4) is 0 Å². The molecule has 3 N–H and O–H groups in total. The van der Waals surface area contributed by atoms with Crippen molar-refractivity contribution in [2.75, 3.05) is 5.73 Å². The maximum absolute atomic E-state index is 10.4. The van der Waals surface area contributed by atoms with Gasteiger partial charge in [-0.2, -0.15) is 0 Å². The molecule has 1 rings (SSSR count). The lowest BCUT2D eigenvalue weighted by Gasteiger charge is -2.31. The highest BCUT2D eigenvalue weighted by Gasteiger charge is 2.28. The molecule has 0 radical (unpaired) electrons. The molecule has 0 aliphatic rings. The van der Waals surface area contributed by atoms with Crippen LogP contribution in [0.1, 0.15) is 32.8 Å². The number of aromatic nitrogens is 1. The molecule has 0 saturated carbocycles. The molecule has 3 heteroatoms. The van der Waals surface area contributed by atoms with Gasteiger partial charge in [0.15, 0.2) is 0 Å². The first-order valence-corrected chi connectivity index (χ1v) is 5.40. The maximum Gasteiger partial charge on any atom is 0.123 e. The Morgan fingerprint density at radius 3 is 2.67 bits per heavy atom. The summed E-state index contributed by atoms with van der Waals surface area (Å²) in [4.78, 5) is 3.94. The Morgan fingerprint density at radius 1 is 1.53 bits per heavy atom. The number of hydrogen-bond acceptors (Lipinski definition) is 3. The highest BCUT2D eigenvalue weighted by atomic mass is 16.3. The van der Waals surface area contributed by atoms with Gasteiger partial charge in [-0.25, -0.2) is 4.98 Å². The van der Waals surface area contributed by atoms with Gasteiger partial charge in [0, 0.05) is 12.6 Å². The van der Waals surface area contributed by atoms with Gasteiger partial charge in [-0.05, 0) is 30.0 Å². The topological polar surface area (TPSA) is 59.1 Å². The molecule has 3 nitrogen and oxygen atoms in total. The van der Waals surface area contributed by atoms with Crippen molar-refractivity contribution in [3.8, 4) is 0 Å². The van der Waals surface area contributed by atoms with Crippen molar-refractivity contribution >= 4 is 5.82 Å². The van der Waals surface area contributed by atoms with Gasteiger partial charge in [-0.3, -0.25) is 0 Å². The molecule has 0 aliphatic carbocycles. The summed E-state index contributed by atoms with van der Waals surface area (Å²) in [7, 11) is 0. The summed E-state index contributed by atoms with van der Waals surface area (Å²) in [5.74, 6) is 0.742. The van der Waals surface area contributed by atoms with Crippen molar-refractivity contribution < 1.29 is 5.11 Å². The Morgan fingerprint density at radius 2 is 2.20 bits per heavy atom. The van der Waals surface area contributed by atoms with Crippen molar-refractivity contribution in [1.82, 2.24) is 4.98 Å². The number of nitrogens with two attached hydrogens (primary N) is 1. The lowest BCUT2D eigenvalue weighted by atomic mass is 9.82. The third kappa shape index (κ3) is 2.93. The van der Waals surface area contributed by atoms with Crippen molar-refractivity contribution in [3.05, 3.63) is 23.9 Å². The van der Waals surface area contributed by atoms with Crippen LogP contribution in [0.25, 0.3) is 0 Å². The first-order chi connectivity index (χ1) is 6.98. The Labute approximate surface area is 91.3 Å². The van der Waals surface area contributed by atoms with Crippen LogP contribution in [0.5, 0.6) is 0 Å². The zero-order chi connectivity index (χ0) is 11.5. The minimum Gasteiger partial charge on any atom is -0.389 e. The summed E-state index contributed by atoms with van der Waals surface area (Å²) in [6.07, 6.45) is 3.06. The molecule has 0 saturated heterocycles. The Bertz CT molecular complexity index is 325. The molecule has 0 fully saturated rings. The van der Waals surface area contributed by atoms with Crippen molar-refractivity contribution in [1.29, 1.82) is 0 Å². The molecule has 1 aromatic heterocycles. The molecule has 0 aliphatic heterocycles. The molecule has 1 unspecified atom stereocenters. The SMILES string of the molecule is CCC(O)(Cc1ccnc(N)c1)C(C)C. The summed E-state index contributed by atoms with van der Waals surface area (Å²) in [6.45, 7) is 6.08. The van der Waals surface area contributed by atoms with Gasteiger partial charge < -0.3 is 10.8 Å². The smallest absolute Gasteiger partial charge is 0.123 e. The second-order valence-corrected chi connectivity index (χ2v) is 4.38. The van der Waals surface area contributed by atoms with Crippen LogP contribution in [-0.2, 0) is 6.42 Å². The van der Waals surface area contributed by atoms with Crippen LogP contribution in [0.15, 0.2) is 18.3 Å². The molecule has 0 bridgehead atoms.